The van der Waals surface area contributed by atoms with E-state index in [0.717, 1.165) is 22.7 Å². The van der Waals surface area contributed by atoms with Gasteiger partial charge >= 0.3 is 0 Å². The minimum atomic E-state index is 0. The molecule has 1 aliphatic rings. The second-order valence-electron chi connectivity index (χ2n) is 5.79. The highest BCUT2D eigenvalue weighted by Crippen LogP contribution is 2.32. The summed E-state index contributed by atoms with van der Waals surface area (Å²) in [7, 11) is 0. The summed E-state index contributed by atoms with van der Waals surface area (Å²) < 4.78 is 10.7. The van der Waals surface area contributed by atoms with Crippen molar-refractivity contribution in [3.05, 3.63) is 53.6 Å². The Morgan fingerprint density at radius 1 is 1.17 bits per heavy atom. The zero-order valence-corrected chi connectivity index (χ0v) is 16.1. The molecule has 0 spiro atoms. The number of hydrogen-bond donors (Lipinski definition) is 2. The van der Waals surface area contributed by atoms with Gasteiger partial charge in [-0.2, -0.15) is 0 Å². The zero-order chi connectivity index (χ0) is 16.2. The highest BCUT2D eigenvalue weighted by molar-refractivity contribution is 14.0. The summed E-state index contributed by atoms with van der Waals surface area (Å²) in [4.78, 5) is 4.38. The predicted octanol–water partition coefficient (Wildman–Crippen LogP) is 4.08. The van der Waals surface area contributed by atoms with Crippen molar-refractivity contribution in [3.8, 4) is 11.5 Å². The molecule has 2 aromatic rings. The molecule has 5 nitrogen and oxygen atoms in total. The lowest BCUT2D eigenvalue weighted by Gasteiger charge is -2.10. The molecule has 3 rings (SSSR count). The Morgan fingerprint density at radius 3 is 2.75 bits per heavy atom. The van der Waals surface area contributed by atoms with E-state index in [4.69, 9.17) is 15.2 Å². The van der Waals surface area contributed by atoms with Crippen LogP contribution in [0, 0.1) is 0 Å². The lowest BCUT2D eigenvalue weighted by atomic mass is 10.0. The van der Waals surface area contributed by atoms with E-state index >= 15 is 0 Å². The third kappa shape index (κ3) is 4.53. The first-order chi connectivity index (χ1) is 11.1. The zero-order valence-electron chi connectivity index (χ0n) is 13.8. The number of halogens is 1. The van der Waals surface area contributed by atoms with E-state index in [1.54, 1.807) is 0 Å². The number of nitrogens with two attached hydrogens (primary N) is 1. The van der Waals surface area contributed by atoms with E-state index < -0.39 is 0 Å². The van der Waals surface area contributed by atoms with Gasteiger partial charge in [-0.15, -0.1) is 24.0 Å². The van der Waals surface area contributed by atoms with Crippen molar-refractivity contribution in [1.82, 2.24) is 0 Å². The molecular weight excluding hydrogens is 417 g/mol. The predicted molar refractivity (Wildman–Crippen MR) is 107 cm³/mol. The largest absolute Gasteiger partial charge is 0.454 e. The van der Waals surface area contributed by atoms with Crippen LogP contribution in [0.5, 0.6) is 11.5 Å². The number of anilines is 1. The van der Waals surface area contributed by atoms with Gasteiger partial charge in [0.2, 0.25) is 6.79 Å². The number of rotatable bonds is 4. The minimum Gasteiger partial charge on any atom is -0.454 e. The Balaban J connectivity index is 0.00000208. The molecule has 0 saturated heterocycles. The fourth-order valence-electron chi connectivity index (χ4n) is 2.38. The monoisotopic (exact) mass is 439 g/mol. The molecule has 3 N–H and O–H groups in total. The number of guanidine groups is 1. The first-order valence-corrected chi connectivity index (χ1v) is 7.67. The summed E-state index contributed by atoms with van der Waals surface area (Å²) in [6, 6.07) is 14.0. The van der Waals surface area contributed by atoms with Crippen molar-refractivity contribution in [2.75, 3.05) is 12.1 Å². The van der Waals surface area contributed by atoms with Crippen molar-refractivity contribution in [2.24, 2.45) is 10.7 Å². The number of ether oxygens (including phenoxy) is 2. The molecule has 0 fully saturated rings. The number of fused-ring (bicyclic) bond motifs is 1. The van der Waals surface area contributed by atoms with Crippen molar-refractivity contribution < 1.29 is 9.47 Å². The summed E-state index contributed by atoms with van der Waals surface area (Å²) in [6.07, 6.45) is 0. The Labute approximate surface area is 159 Å². The quantitative estimate of drug-likeness (QED) is 0.428. The molecule has 0 atom stereocenters. The molecule has 128 valence electrons. The fraction of sp³-hybridized carbons (Fsp3) is 0.278. The van der Waals surface area contributed by atoms with Crippen LogP contribution in [0.3, 0.4) is 0 Å². The van der Waals surface area contributed by atoms with Crippen LogP contribution in [0.4, 0.5) is 5.69 Å². The van der Waals surface area contributed by atoms with E-state index in [2.05, 4.69) is 36.3 Å². The molecule has 2 aromatic carbocycles. The van der Waals surface area contributed by atoms with Crippen LogP contribution in [-0.4, -0.2) is 12.8 Å². The standard InChI is InChI=1S/C18H21N3O2.HI/c1-12(2)14-4-3-5-15(9-14)21-18(19)20-10-13-6-7-16-17(8-13)23-11-22-16;/h3-9,12H,10-11H2,1-2H3,(H3,19,20,21);1H. The van der Waals surface area contributed by atoms with Gasteiger partial charge in [-0.3, -0.25) is 0 Å². The van der Waals surface area contributed by atoms with Gasteiger partial charge in [0.05, 0.1) is 6.54 Å². The number of aliphatic imine (C=N–C) groups is 1. The van der Waals surface area contributed by atoms with Crippen LogP contribution in [0.15, 0.2) is 47.5 Å². The molecule has 1 heterocycles. The van der Waals surface area contributed by atoms with Gasteiger partial charge in [0.1, 0.15) is 0 Å². The molecule has 0 unspecified atom stereocenters. The fourth-order valence-corrected chi connectivity index (χ4v) is 2.38. The second kappa shape index (κ2) is 8.23. The summed E-state index contributed by atoms with van der Waals surface area (Å²) in [5.74, 6) is 2.40. The number of benzene rings is 2. The summed E-state index contributed by atoms with van der Waals surface area (Å²) in [6.45, 7) is 5.09. The molecule has 0 bridgehead atoms. The van der Waals surface area contributed by atoms with Gasteiger partial charge in [-0.05, 0) is 41.3 Å². The molecule has 0 radical (unpaired) electrons. The maximum absolute atomic E-state index is 5.98. The highest BCUT2D eigenvalue weighted by Gasteiger charge is 2.12. The number of nitrogens with zero attached hydrogens (tertiary/aromatic N) is 1. The average molecular weight is 439 g/mol. The van der Waals surface area contributed by atoms with Crippen LogP contribution < -0.4 is 20.5 Å². The van der Waals surface area contributed by atoms with Crippen LogP contribution in [0.25, 0.3) is 0 Å². The van der Waals surface area contributed by atoms with Gasteiger partial charge in [0, 0.05) is 5.69 Å². The maximum atomic E-state index is 5.98. The summed E-state index contributed by atoms with van der Waals surface area (Å²) in [5.41, 5.74) is 9.21. The lowest BCUT2D eigenvalue weighted by Crippen LogP contribution is -2.22. The SMILES string of the molecule is CC(C)c1cccc(NC(N)=NCc2ccc3c(c2)OCO3)c1.I. The molecule has 1 aliphatic heterocycles. The van der Waals surface area contributed by atoms with Crippen molar-refractivity contribution in [1.29, 1.82) is 0 Å². The maximum Gasteiger partial charge on any atom is 0.231 e. The Bertz CT molecular complexity index is 732. The molecule has 0 aromatic heterocycles. The number of nitrogens with one attached hydrogen (secondary N) is 1. The van der Waals surface area contributed by atoms with Crippen LogP contribution in [0.2, 0.25) is 0 Å². The van der Waals surface area contributed by atoms with Gasteiger partial charge in [0.25, 0.3) is 0 Å². The highest BCUT2D eigenvalue weighted by atomic mass is 127. The van der Waals surface area contributed by atoms with Crippen molar-refractivity contribution >= 4 is 35.6 Å². The summed E-state index contributed by atoms with van der Waals surface area (Å²) in [5, 5.41) is 3.13. The van der Waals surface area contributed by atoms with Crippen molar-refractivity contribution in [3.63, 3.8) is 0 Å². The number of hydrogen-bond acceptors (Lipinski definition) is 3. The molecule has 6 heteroatoms. The Kier molecular flexibility index (Phi) is 6.30. The average Bonchev–Trinajstić information content (AvgIpc) is 3.01. The van der Waals surface area contributed by atoms with Gasteiger partial charge in [-0.1, -0.05) is 32.0 Å². The normalized spacial score (nSPS) is 12.9. The van der Waals surface area contributed by atoms with Crippen LogP contribution in [0.1, 0.15) is 30.9 Å². The first-order valence-electron chi connectivity index (χ1n) is 7.67. The van der Waals surface area contributed by atoms with Crippen LogP contribution >= 0.6 is 24.0 Å². The molecule has 24 heavy (non-hydrogen) atoms. The third-order valence-electron chi connectivity index (χ3n) is 3.69. The van der Waals surface area contributed by atoms with E-state index in [9.17, 15) is 0 Å². The van der Waals surface area contributed by atoms with Crippen molar-refractivity contribution in [2.45, 2.75) is 26.3 Å². The first kappa shape index (κ1) is 18.4. The molecule has 0 saturated carbocycles. The second-order valence-corrected chi connectivity index (χ2v) is 5.79. The van der Waals surface area contributed by atoms with E-state index in [-0.39, 0.29) is 30.8 Å². The Hall–Kier alpha value is -1.96. The molecule has 0 aliphatic carbocycles. The minimum absolute atomic E-state index is 0. The van der Waals surface area contributed by atoms with E-state index in [1.165, 1.54) is 5.56 Å². The molecular formula is C18H22IN3O2. The lowest BCUT2D eigenvalue weighted by molar-refractivity contribution is 0.174. The summed E-state index contributed by atoms with van der Waals surface area (Å²) >= 11 is 0. The Morgan fingerprint density at radius 2 is 1.96 bits per heavy atom. The van der Waals surface area contributed by atoms with E-state index in [1.807, 2.05) is 30.3 Å². The smallest absolute Gasteiger partial charge is 0.231 e. The third-order valence-corrected chi connectivity index (χ3v) is 3.69. The van der Waals surface area contributed by atoms with Gasteiger partial charge in [-0.25, -0.2) is 4.99 Å². The van der Waals surface area contributed by atoms with Gasteiger partial charge in [0.15, 0.2) is 17.5 Å². The topological polar surface area (TPSA) is 68.9 Å². The van der Waals surface area contributed by atoms with Gasteiger partial charge < -0.3 is 20.5 Å². The van der Waals surface area contributed by atoms with E-state index in [0.29, 0.717) is 18.4 Å². The van der Waals surface area contributed by atoms with Crippen LogP contribution in [-0.2, 0) is 6.54 Å². The molecule has 0 amide bonds.